The van der Waals surface area contributed by atoms with Crippen molar-refractivity contribution in [2.45, 2.75) is 32.7 Å². The van der Waals surface area contributed by atoms with Gasteiger partial charge in [-0.2, -0.15) is 0 Å². The molecule has 0 amide bonds. The summed E-state index contributed by atoms with van der Waals surface area (Å²) in [7, 11) is 0. The second kappa shape index (κ2) is 3.52. The van der Waals surface area contributed by atoms with Crippen LogP contribution in [-0.4, -0.2) is 12.6 Å². The van der Waals surface area contributed by atoms with E-state index in [0.717, 1.165) is 12.4 Å². The van der Waals surface area contributed by atoms with Crippen molar-refractivity contribution in [2.75, 3.05) is 11.9 Å². The van der Waals surface area contributed by atoms with Gasteiger partial charge in [-0.15, -0.1) is 0 Å². The molecule has 2 rings (SSSR count). The van der Waals surface area contributed by atoms with Crippen molar-refractivity contribution in [1.82, 2.24) is 0 Å². The minimum Gasteiger partial charge on any atom is -0.494 e. The number of nitrogens with one attached hydrogen (secondary N) is 1. The molecule has 2 heteroatoms. The summed E-state index contributed by atoms with van der Waals surface area (Å²) in [6.45, 7) is 7.21. The Morgan fingerprint density at radius 3 is 2.86 bits per heavy atom. The van der Waals surface area contributed by atoms with Gasteiger partial charge in [0.2, 0.25) is 0 Å². The molecule has 1 aliphatic heterocycles. The van der Waals surface area contributed by atoms with Gasteiger partial charge in [-0.1, -0.05) is 13.0 Å². The van der Waals surface area contributed by atoms with Crippen LogP contribution < -0.4 is 10.1 Å². The molecular weight excluding hydrogens is 174 g/mol. The fourth-order valence-electron chi connectivity index (χ4n) is 2.04. The highest BCUT2D eigenvalue weighted by Gasteiger charge is 2.27. The normalized spacial score (nSPS) is 24.2. The van der Waals surface area contributed by atoms with Gasteiger partial charge in [0, 0.05) is 23.2 Å². The predicted molar refractivity (Wildman–Crippen MR) is 59.1 cm³/mol. The summed E-state index contributed by atoms with van der Waals surface area (Å²) in [6.07, 6.45) is 0. The lowest BCUT2D eigenvalue weighted by molar-refractivity contribution is 0.335. The second-order valence-electron chi connectivity index (χ2n) is 3.87. The van der Waals surface area contributed by atoms with Crippen LogP contribution in [0.2, 0.25) is 0 Å². The molecule has 14 heavy (non-hydrogen) atoms. The zero-order chi connectivity index (χ0) is 10.1. The third kappa shape index (κ3) is 1.35. The van der Waals surface area contributed by atoms with E-state index in [1.807, 2.05) is 13.0 Å². The standard InChI is InChI=1S/C12H17NO/c1-4-14-11-7-5-6-10-12(11)8(2)9(3)13-10/h5-9,13H,4H2,1-3H3. The van der Waals surface area contributed by atoms with Crippen LogP contribution in [0.3, 0.4) is 0 Å². The predicted octanol–water partition coefficient (Wildman–Crippen LogP) is 3.00. The van der Waals surface area contributed by atoms with Crippen LogP contribution in [0, 0.1) is 0 Å². The third-order valence-corrected chi connectivity index (χ3v) is 2.95. The van der Waals surface area contributed by atoms with Crippen molar-refractivity contribution in [1.29, 1.82) is 0 Å². The van der Waals surface area contributed by atoms with Crippen molar-refractivity contribution < 1.29 is 4.74 Å². The van der Waals surface area contributed by atoms with Gasteiger partial charge < -0.3 is 10.1 Å². The van der Waals surface area contributed by atoms with E-state index >= 15 is 0 Å². The molecule has 1 heterocycles. The van der Waals surface area contributed by atoms with Gasteiger partial charge in [0.05, 0.1) is 6.61 Å². The highest BCUT2D eigenvalue weighted by Crippen LogP contribution is 2.41. The minimum atomic E-state index is 0.506. The van der Waals surface area contributed by atoms with E-state index < -0.39 is 0 Å². The van der Waals surface area contributed by atoms with Crippen molar-refractivity contribution in [2.24, 2.45) is 0 Å². The second-order valence-corrected chi connectivity index (χ2v) is 3.87. The van der Waals surface area contributed by atoms with Gasteiger partial charge in [0.25, 0.3) is 0 Å². The van der Waals surface area contributed by atoms with Crippen LogP contribution in [0.5, 0.6) is 5.75 Å². The van der Waals surface area contributed by atoms with E-state index in [1.165, 1.54) is 11.3 Å². The Morgan fingerprint density at radius 1 is 1.36 bits per heavy atom. The summed E-state index contributed by atoms with van der Waals surface area (Å²) in [5, 5.41) is 3.47. The molecule has 1 N–H and O–H groups in total. The molecule has 0 saturated heterocycles. The van der Waals surface area contributed by atoms with Crippen LogP contribution >= 0.6 is 0 Å². The minimum absolute atomic E-state index is 0.506. The first-order chi connectivity index (χ1) is 6.74. The Balaban J connectivity index is 2.42. The quantitative estimate of drug-likeness (QED) is 0.776. The van der Waals surface area contributed by atoms with Crippen LogP contribution in [-0.2, 0) is 0 Å². The van der Waals surface area contributed by atoms with E-state index in [0.29, 0.717) is 12.0 Å². The van der Waals surface area contributed by atoms with Gasteiger partial charge >= 0.3 is 0 Å². The van der Waals surface area contributed by atoms with Crippen molar-refractivity contribution >= 4 is 5.69 Å². The van der Waals surface area contributed by atoms with Crippen molar-refractivity contribution in [3.05, 3.63) is 23.8 Å². The fraction of sp³-hybridized carbons (Fsp3) is 0.500. The molecule has 2 atom stereocenters. The Bertz CT molecular complexity index is 335. The maximum absolute atomic E-state index is 5.63. The van der Waals surface area contributed by atoms with Gasteiger partial charge in [0.15, 0.2) is 0 Å². The molecule has 2 nitrogen and oxygen atoms in total. The molecule has 76 valence electrons. The number of benzene rings is 1. The monoisotopic (exact) mass is 191 g/mol. The van der Waals surface area contributed by atoms with E-state index in [9.17, 15) is 0 Å². The first kappa shape index (κ1) is 9.38. The Labute approximate surface area is 85.3 Å². The molecule has 1 aliphatic rings. The molecular formula is C12H17NO. The van der Waals surface area contributed by atoms with Gasteiger partial charge in [-0.05, 0) is 26.0 Å². The average molecular weight is 191 g/mol. The maximum Gasteiger partial charge on any atom is 0.124 e. The number of anilines is 1. The summed E-state index contributed by atoms with van der Waals surface area (Å²) >= 11 is 0. The third-order valence-electron chi connectivity index (χ3n) is 2.95. The summed E-state index contributed by atoms with van der Waals surface area (Å²) in [5.74, 6) is 1.57. The lowest BCUT2D eigenvalue weighted by Crippen LogP contribution is -2.13. The molecule has 1 aromatic rings. The first-order valence-electron chi connectivity index (χ1n) is 5.26. The van der Waals surface area contributed by atoms with E-state index in [-0.39, 0.29) is 0 Å². The average Bonchev–Trinajstić information content (AvgIpc) is 2.45. The van der Waals surface area contributed by atoms with E-state index in [1.54, 1.807) is 0 Å². The molecule has 0 saturated carbocycles. The molecule has 0 aromatic heterocycles. The Kier molecular flexibility index (Phi) is 2.36. The Hall–Kier alpha value is -1.18. The SMILES string of the molecule is CCOc1cccc2c1C(C)C(C)N2. The largest absolute Gasteiger partial charge is 0.494 e. The summed E-state index contributed by atoms with van der Waals surface area (Å²) < 4.78 is 5.63. The molecule has 0 aliphatic carbocycles. The topological polar surface area (TPSA) is 21.3 Å². The van der Waals surface area contributed by atoms with Gasteiger partial charge in [-0.3, -0.25) is 0 Å². The molecule has 0 fully saturated rings. The zero-order valence-corrected chi connectivity index (χ0v) is 9.00. The van der Waals surface area contributed by atoms with Crippen LogP contribution in [0.25, 0.3) is 0 Å². The van der Waals surface area contributed by atoms with Crippen molar-refractivity contribution in [3.63, 3.8) is 0 Å². The first-order valence-corrected chi connectivity index (χ1v) is 5.26. The maximum atomic E-state index is 5.63. The molecule has 0 spiro atoms. The molecule has 1 aromatic carbocycles. The zero-order valence-electron chi connectivity index (χ0n) is 9.00. The lowest BCUT2D eigenvalue weighted by Gasteiger charge is -2.12. The number of fused-ring (bicyclic) bond motifs is 1. The summed E-state index contributed by atoms with van der Waals surface area (Å²) in [4.78, 5) is 0. The van der Waals surface area contributed by atoms with Crippen LogP contribution in [0.1, 0.15) is 32.3 Å². The highest BCUT2D eigenvalue weighted by atomic mass is 16.5. The number of hydrogen-bond acceptors (Lipinski definition) is 2. The summed E-state index contributed by atoms with van der Waals surface area (Å²) in [5.41, 5.74) is 2.57. The number of ether oxygens (including phenoxy) is 1. The van der Waals surface area contributed by atoms with Crippen LogP contribution in [0.4, 0.5) is 5.69 Å². The smallest absolute Gasteiger partial charge is 0.124 e. The fourth-order valence-corrected chi connectivity index (χ4v) is 2.04. The Morgan fingerprint density at radius 2 is 2.14 bits per heavy atom. The molecule has 0 radical (unpaired) electrons. The lowest BCUT2D eigenvalue weighted by atomic mass is 9.97. The van der Waals surface area contributed by atoms with E-state index in [2.05, 4.69) is 31.3 Å². The van der Waals surface area contributed by atoms with Gasteiger partial charge in [-0.25, -0.2) is 0 Å². The molecule has 2 unspecified atom stereocenters. The summed E-state index contributed by atoms with van der Waals surface area (Å²) in [6, 6.07) is 6.73. The van der Waals surface area contributed by atoms with Crippen molar-refractivity contribution in [3.8, 4) is 5.75 Å². The molecule has 0 bridgehead atoms. The van der Waals surface area contributed by atoms with Gasteiger partial charge in [0.1, 0.15) is 5.75 Å². The van der Waals surface area contributed by atoms with E-state index in [4.69, 9.17) is 4.74 Å². The number of hydrogen-bond donors (Lipinski definition) is 1. The highest BCUT2D eigenvalue weighted by molar-refractivity contribution is 5.64. The van der Waals surface area contributed by atoms with Crippen LogP contribution in [0.15, 0.2) is 18.2 Å². The number of rotatable bonds is 2.